The van der Waals surface area contributed by atoms with Crippen LogP contribution in [0.25, 0.3) is 0 Å². The van der Waals surface area contributed by atoms with Gasteiger partial charge in [-0.25, -0.2) is 0 Å². The number of hydrogen-bond donors (Lipinski definition) is 2. The highest BCUT2D eigenvalue weighted by molar-refractivity contribution is 9.10. The molecule has 0 saturated heterocycles. The molecule has 104 valence electrons. The molecule has 0 radical (unpaired) electrons. The van der Waals surface area contributed by atoms with Gasteiger partial charge in [0.25, 0.3) is 0 Å². The smallest absolute Gasteiger partial charge is 0.117 e. The van der Waals surface area contributed by atoms with Crippen LogP contribution in [-0.4, -0.2) is 41.7 Å². The van der Waals surface area contributed by atoms with E-state index < -0.39 is 5.60 Å². The lowest BCUT2D eigenvalue weighted by Gasteiger charge is -2.25. The Balaban J connectivity index is 2.81. The maximum Gasteiger partial charge on any atom is 0.117 e. The summed E-state index contributed by atoms with van der Waals surface area (Å²) in [6.45, 7) is 6.47. The second-order valence-electron chi connectivity index (χ2n) is 4.51. The van der Waals surface area contributed by atoms with E-state index in [0.717, 1.165) is 23.1 Å². The number of aromatic nitrogens is 2. The second kappa shape index (κ2) is 7.23. The van der Waals surface area contributed by atoms with E-state index in [1.54, 1.807) is 24.9 Å². The number of halogens is 1. The third-order valence-corrected chi connectivity index (χ3v) is 3.29. The standard InChI is InChI=1S/C12H22BrN3O2/c1-4-5-14-9-12(2,17)11-10(13)8-15-16(11)6-7-18-3/h8,14,17H,4-7,9H2,1-3H3. The van der Waals surface area contributed by atoms with Gasteiger partial charge in [0, 0.05) is 13.7 Å². The first-order valence-electron chi connectivity index (χ1n) is 6.16. The molecule has 1 aromatic heterocycles. The number of nitrogens with zero attached hydrogens (tertiary/aromatic N) is 2. The van der Waals surface area contributed by atoms with Crippen LogP contribution in [0.4, 0.5) is 0 Å². The molecule has 0 aromatic carbocycles. The summed E-state index contributed by atoms with van der Waals surface area (Å²) in [7, 11) is 1.65. The zero-order valence-electron chi connectivity index (χ0n) is 11.2. The highest BCUT2D eigenvalue weighted by atomic mass is 79.9. The zero-order valence-corrected chi connectivity index (χ0v) is 12.8. The summed E-state index contributed by atoms with van der Waals surface area (Å²) in [6.07, 6.45) is 2.75. The first kappa shape index (κ1) is 15.6. The lowest BCUT2D eigenvalue weighted by Crippen LogP contribution is -2.38. The minimum Gasteiger partial charge on any atom is -0.383 e. The van der Waals surface area contributed by atoms with Crippen LogP contribution in [0.15, 0.2) is 10.7 Å². The highest BCUT2D eigenvalue weighted by Crippen LogP contribution is 2.27. The van der Waals surface area contributed by atoms with Crippen molar-refractivity contribution in [3.05, 3.63) is 16.4 Å². The van der Waals surface area contributed by atoms with Gasteiger partial charge in [0.2, 0.25) is 0 Å². The van der Waals surface area contributed by atoms with Crippen LogP contribution in [0.1, 0.15) is 26.0 Å². The van der Waals surface area contributed by atoms with E-state index in [1.807, 2.05) is 0 Å². The van der Waals surface area contributed by atoms with Crippen molar-refractivity contribution in [2.45, 2.75) is 32.4 Å². The Labute approximate surface area is 117 Å². The molecule has 1 aromatic rings. The summed E-state index contributed by atoms with van der Waals surface area (Å²) in [6, 6.07) is 0. The maximum atomic E-state index is 10.6. The second-order valence-corrected chi connectivity index (χ2v) is 5.36. The van der Waals surface area contributed by atoms with Gasteiger partial charge in [-0.1, -0.05) is 6.92 Å². The van der Waals surface area contributed by atoms with E-state index in [1.165, 1.54) is 0 Å². The average molecular weight is 320 g/mol. The molecule has 0 fully saturated rings. The van der Waals surface area contributed by atoms with E-state index in [0.29, 0.717) is 19.7 Å². The lowest BCUT2D eigenvalue weighted by atomic mass is 10.0. The molecule has 1 rings (SSSR count). The first-order chi connectivity index (χ1) is 8.53. The SMILES string of the molecule is CCCNCC(C)(O)c1c(Br)cnn1CCOC. The molecule has 5 nitrogen and oxygen atoms in total. The first-order valence-corrected chi connectivity index (χ1v) is 6.96. The van der Waals surface area contributed by atoms with Crippen molar-refractivity contribution in [3.63, 3.8) is 0 Å². The molecular formula is C12H22BrN3O2. The van der Waals surface area contributed by atoms with Gasteiger partial charge in [0.05, 0.1) is 29.5 Å². The van der Waals surface area contributed by atoms with Crippen molar-refractivity contribution in [3.8, 4) is 0 Å². The van der Waals surface area contributed by atoms with Crippen LogP contribution in [0.2, 0.25) is 0 Å². The molecular weight excluding hydrogens is 298 g/mol. The summed E-state index contributed by atoms with van der Waals surface area (Å²) in [5.74, 6) is 0. The van der Waals surface area contributed by atoms with Gasteiger partial charge in [-0.15, -0.1) is 0 Å². The van der Waals surface area contributed by atoms with Crippen LogP contribution in [0, 0.1) is 0 Å². The normalized spacial score (nSPS) is 14.7. The van der Waals surface area contributed by atoms with Crippen LogP contribution in [-0.2, 0) is 16.9 Å². The van der Waals surface area contributed by atoms with Crippen molar-refractivity contribution in [1.29, 1.82) is 0 Å². The summed E-state index contributed by atoms with van der Waals surface area (Å²) >= 11 is 3.44. The van der Waals surface area contributed by atoms with E-state index >= 15 is 0 Å². The third-order valence-electron chi connectivity index (χ3n) is 2.71. The summed E-state index contributed by atoms with van der Waals surface area (Å²) in [5.41, 5.74) is -0.179. The number of rotatable bonds is 8. The summed E-state index contributed by atoms with van der Waals surface area (Å²) < 4.78 is 7.65. The number of hydrogen-bond acceptors (Lipinski definition) is 4. The van der Waals surface area contributed by atoms with Gasteiger partial charge >= 0.3 is 0 Å². The van der Waals surface area contributed by atoms with E-state index in [2.05, 4.69) is 33.3 Å². The molecule has 0 saturated carbocycles. The monoisotopic (exact) mass is 319 g/mol. The molecule has 1 heterocycles. The largest absolute Gasteiger partial charge is 0.383 e. The Morgan fingerprint density at radius 2 is 2.33 bits per heavy atom. The molecule has 1 unspecified atom stereocenters. The average Bonchev–Trinajstić information content (AvgIpc) is 2.68. The molecule has 0 aliphatic carbocycles. The Hall–Kier alpha value is -0.430. The Kier molecular flexibility index (Phi) is 6.28. The highest BCUT2D eigenvalue weighted by Gasteiger charge is 2.29. The minimum atomic E-state index is -0.960. The molecule has 0 bridgehead atoms. The number of nitrogens with one attached hydrogen (secondary N) is 1. The van der Waals surface area contributed by atoms with Crippen molar-refractivity contribution in [2.24, 2.45) is 0 Å². The van der Waals surface area contributed by atoms with Crippen molar-refractivity contribution >= 4 is 15.9 Å². The van der Waals surface area contributed by atoms with Gasteiger partial charge < -0.3 is 15.2 Å². The minimum absolute atomic E-state index is 0.498. The van der Waals surface area contributed by atoms with Crippen LogP contribution in [0.5, 0.6) is 0 Å². The molecule has 2 N–H and O–H groups in total. The van der Waals surface area contributed by atoms with Crippen LogP contribution >= 0.6 is 15.9 Å². The van der Waals surface area contributed by atoms with Crippen LogP contribution < -0.4 is 5.32 Å². The summed E-state index contributed by atoms with van der Waals surface area (Å²) in [5, 5.41) is 18.0. The molecule has 0 spiro atoms. The van der Waals surface area contributed by atoms with E-state index in [4.69, 9.17) is 4.74 Å². The molecule has 1 atom stereocenters. The van der Waals surface area contributed by atoms with Crippen molar-refractivity contribution in [1.82, 2.24) is 15.1 Å². The van der Waals surface area contributed by atoms with Gasteiger partial charge in [-0.05, 0) is 35.8 Å². The number of aliphatic hydroxyl groups is 1. The predicted octanol–water partition coefficient (Wildman–Crippen LogP) is 1.50. The Morgan fingerprint density at radius 3 is 2.94 bits per heavy atom. The van der Waals surface area contributed by atoms with E-state index in [-0.39, 0.29) is 0 Å². The van der Waals surface area contributed by atoms with Crippen molar-refractivity contribution < 1.29 is 9.84 Å². The van der Waals surface area contributed by atoms with Crippen molar-refractivity contribution in [2.75, 3.05) is 26.8 Å². The Bertz CT molecular complexity index is 366. The van der Waals surface area contributed by atoms with E-state index in [9.17, 15) is 5.11 Å². The molecule has 0 aliphatic heterocycles. The fraction of sp³-hybridized carbons (Fsp3) is 0.750. The fourth-order valence-electron chi connectivity index (χ4n) is 1.84. The van der Waals surface area contributed by atoms with Gasteiger partial charge in [-0.3, -0.25) is 4.68 Å². The number of ether oxygens (including phenoxy) is 1. The summed E-state index contributed by atoms with van der Waals surface area (Å²) in [4.78, 5) is 0. The third kappa shape index (κ3) is 4.05. The predicted molar refractivity (Wildman–Crippen MR) is 74.5 cm³/mol. The van der Waals surface area contributed by atoms with Gasteiger partial charge in [-0.2, -0.15) is 5.10 Å². The molecule has 0 amide bonds. The molecule has 6 heteroatoms. The van der Waals surface area contributed by atoms with Gasteiger partial charge in [0.15, 0.2) is 0 Å². The maximum absolute atomic E-state index is 10.6. The van der Waals surface area contributed by atoms with Gasteiger partial charge in [0.1, 0.15) is 5.60 Å². The Morgan fingerprint density at radius 1 is 1.61 bits per heavy atom. The fourth-order valence-corrected chi connectivity index (χ4v) is 2.56. The molecule has 18 heavy (non-hydrogen) atoms. The quantitative estimate of drug-likeness (QED) is 0.713. The van der Waals surface area contributed by atoms with Crippen LogP contribution in [0.3, 0.4) is 0 Å². The zero-order chi connectivity index (χ0) is 13.6. The molecule has 0 aliphatic rings. The topological polar surface area (TPSA) is 59.3 Å². The number of methoxy groups -OCH3 is 1. The lowest BCUT2D eigenvalue weighted by molar-refractivity contribution is 0.0452.